The summed E-state index contributed by atoms with van der Waals surface area (Å²) < 4.78 is 5.05. The lowest BCUT2D eigenvalue weighted by molar-refractivity contribution is -0.0922. The van der Waals surface area contributed by atoms with Gasteiger partial charge in [-0.25, -0.2) is 0 Å². The zero-order valence-electron chi connectivity index (χ0n) is 10.1. The average Bonchev–Trinajstić information content (AvgIpc) is 2.06. The Bertz CT molecular complexity index is 290. The first-order valence-electron chi connectivity index (χ1n) is 5.33. The molecule has 0 saturated carbocycles. The summed E-state index contributed by atoms with van der Waals surface area (Å²) in [6, 6.07) is 0. The van der Waals surface area contributed by atoms with Crippen molar-refractivity contribution in [2.24, 2.45) is 0 Å². The maximum atomic E-state index is 10.4. The van der Waals surface area contributed by atoms with Crippen LogP contribution in [0.5, 0.6) is 0 Å². The van der Waals surface area contributed by atoms with E-state index in [0.29, 0.717) is 24.7 Å². The van der Waals surface area contributed by atoms with Gasteiger partial charge in [-0.1, -0.05) is 6.58 Å². The van der Waals surface area contributed by atoms with E-state index < -0.39 is 5.72 Å². The van der Waals surface area contributed by atoms with Gasteiger partial charge in [0.1, 0.15) is 12.3 Å². The zero-order valence-corrected chi connectivity index (χ0v) is 10.9. The highest BCUT2D eigenvalue weighted by molar-refractivity contribution is 7.80. The Morgan fingerprint density at radius 2 is 2.25 bits per heavy atom. The first kappa shape index (κ1) is 13.3. The van der Waals surface area contributed by atoms with E-state index in [4.69, 9.17) is 17.0 Å². The van der Waals surface area contributed by atoms with Crippen LogP contribution < -0.4 is 5.32 Å². The van der Waals surface area contributed by atoms with Gasteiger partial charge in [-0.05, 0) is 33.0 Å². The number of hydrogen-bond acceptors (Lipinski definition) is 3. The third-order valence-corrected chi connectivity index (χ3v) is 2.92. The summed E-state index contributed by atoms with van der Waals surface area (Å²) in [4.78, 5) is 1.75. The fraction of sp³-hybridized carbons (Fsp3) is 0.727. The van der Waals surface area contributed by atoms with Crippen LogP contribution in [0.25, 0.3) is 0 Å². The van der Waals surface area contributed by atoms with Crippen LogP contribution in [0.1, 0.15) is 27.2 Å². The summed E-state index contributed by atoms with van der Waals surface area (Å²) in [5.41, 5.74) is -1.12. The van der Waals surface area contributed by atoms with Crippen LogP contribution >= 0.6 is 12.2 Å². The molecule has 4 nitrogen and oxygen atoms in total. The van der Waals surface area contributed by atoms with Crippen LogP contribution in [0.4, 0.5) is 0 Å². The SMILES string of the molecule is C=COCCN1C(=S)NC(C)(C)CC1(C)O. The normalized spacial score (nSPS) is 28.5. The van der Waals surface area contributed by atoms with Crippen molar-refractivity contribution < 1.29 is 9.84 Å². The summed E-state index contributed by atoms with van der Waals surface area (Å²) in [5, 5.41) is 14.1. The largest absolute Gasteiger partial charge is 0.500 e. The highest BCUT2D eigenvalue weighted by Gasteiger charge is 2.42. The predicted molar refractivity (Wildman–Crippen MR) is 67.9 cm³/mol. The van der Waals surface area contributed by atoms with E-state index in [9.17, 15) is 5.11 Å². The van der Waals surface area contributed by atoms with Gasteiger partial charge >= 0.3 is 0 Å². The van der Waals surface area contributed by atoms with E-state index in [1.54, 1.807) is 11.8 Å². The van der Waals surface area contributed by atoms with Gasteiger partial charge in [-0.2, -0.15) is 0 Å². The molecular weight excluding hydrogens is 224 g/mol. The molecule has 0 radical (unpaired) electrons. The minimum Gasteiger partial charge on any atom is -0.500 e. The van der Waals surface area contributed by atoms with Crippen molar-refractivity contribution in [3.05, 3.63) is 12.8 Å². The minimum atomic E-state index is -0.934. The smallest absolute Gasteiger partial charge is 0.171 e. The van der Waals surface area contributed by atoms with Crippen molar-refractivity contribution >= 4 is 17.3 Å². The van der Waals surface area contributed by atoms with E-state index in [1.807, 2.05) is 13.8 Å². The van der Waals surface area contributed by atoms with Gasteiger partial charge in [-0.3, -0.25) is 0 Å². The quantitative estimate of drug-likeness (QED) is 0.442. The predicted octanol–water partition coefficient (Wildman–Crippen LogP) is 1.21. The van der Waals surface area contributed by atoms with E-state index >= 15 is 0 Å². The molecule has 0 spiro atoms. The summed E-state index contributed by atoms with van der Waals surface area (Å²) in [6.07, 6.45) is 1.99. The first-order chi connectivity index (χ1) is 7.28. The van der Waals surface area contributed by atoms with Crippen LogP contribution in [0.2, 0.25) is 0 Å². The molecule has 1 aliphatic rings. The highest BCUT2D eigenvalue weighted by Crippen LogP contribution is 2.28. The van der Waals surface area contributed by atoms with Crippen molar-refractivity contribution in [1.82, 2.24) is 10.2 Å². The van der Waals surface area contributed by atoms with Gasteiger partial charge in [0.05, 0.1) is 12.8 Å². The molecule has 0 aromatic carbocycles. The van der Waals surface area contributed by atoms with E-state index in [-0.39, 0.29) is 5.54 Å². The second-order valence-electron chi connectivity index (χ2n) is 4.90. The lowest BCUT2D eigenvalue weighted by atomic mass is 9.90. The van der Waals surface area contributed by atoms with E-state index in [1.165, 1.54) is 6.26 Å². The highest BCUT2D eigenvalue weighted by atomic mass is 32.1. The van der Waals surface area contributed by atoms with Gasteiger partial charge in [0.25, 0.3) is 0 Å². The minimum absolute atomic E-state index is 0.184. The van der Waals surface area contributed by atoms with Gasteiger partial charge in [0.15, 0.2) is 5.11 Å². The molecule has 92 valence electrons. The van der Waals surface area contributed by atoms with Gasteiger partial charge < -0.3 is 20.1 Å². The Morgan fingerprint density at radius 3 is 2.75 bits per heavy atom. The standard InChI is InChI=1S/C11H20N2O2S/c1-5-15-7-6-13-9(16)12-10(2,3)8-11(13,4)14/h5,14H,1,6-8H2,2-4H3,(H,12,16). The van der Waals surface area contributed by atoms with Crippen LogP contribution in [-0.4, -0.2) is 39.5 Å². The monoisotopic (exact) mass is 244 g/mol. The molecule has 0 aliphatic carbocycles. The molecule has 0 bridgehead atoms. The summed E-state index contributed by atoms with van der Waals surface area (Å²) >= 11 is 5.25. The summed E-state index contributed by atoms with van der Waals surface area (Å²) in [6.45, 7) is 10.3. The lowest BCUT2D eigenvalue weighted by Gasteiger charge is -2.49. The fourth-order valence-corrected chi connectivity index (χ4v) is 2.69. The van der Waals surface area contributed by atoms with Gasteiger partial charge in [0, 0.05) is 12.0 Å². The molecule has 5 heteroatoms. The van der Waals surface area contributed by atoms with Crippen molar-refractivity contribution in [1.29, 1.82) is 0 Å². The van der Waals surface area contributed by atoms with E-state index in [0.717, 1.165) is 0 Å². The molecule has 1 saturated heterocycles. The van der Waals surface area contributed by atoms with E-state index in [2.05, 4.69) is 11.9 Å². The number of ether oxygens (including phenoxy) is 1. The summed E-state index contributed by atoms with van der Waals surface area (Å²) in [7, 11) is 0. The van der Waals surface area contributed by atoms with Crippen LogP contribution in [0.15, 0.2) is 12.8 Å². The molecule has 1 fully saturated rings. The van der Waals surface area contributed by atoms with Gasteiger partial charge in [0.2, 0.25) is 0 Å². The second-order valence-corrected chi connectivity index (χ2v) is 5.28. The third-order valence-electron chi connectivity index (χ3n) is 2.60. The Morgan fingerprint density at radius 1 is 1.62 bits per heavy atom. The Hall–Kier alpha value is -0.810. The molecule has 0 aromatic heterocycles. The third kappa shape index (κ3) is 3.09. The average molecular weight is 244 g/mol. The number of aliphatic hydroxyl groups is 1. The summed E-state index contributed by atoms with van der Waals surface area (Å²) in [5.74, 6) is 0. The molecule has 2 N–H and O–H groups in total. The molecule has 16 heavy (non-hydrogen) atoms. The molecule has 0 aromatic rings. The number of nitrogens with zero attached hydrogens (tertiary/aromatic N) is 1. The molecule has 1 aliphatic heterocycles. The number of thiocarbonyl (C=S) groups is 1. The number of rotatable bonds is 4. The van der Waals surface area contributed by atoms with Crippen LogP contribution in [0.3, 0.4) is 0 Å². The van der Waals surface area contributed by atoms with Crippen molar-refractivity contribution in [2.75, 3.05) is 13.2 Å². The molecule has 1 rings (SSSR count). The topological polar surface area (TPSA) is 44.7 Å². The number of nitrogens with one attached hydrogen (secondary N) is 1. The molecule has 1 atom stereocenters. The Kier molecular flexibility index (Phi) is 3.80. The zero-order chi connectivity index (χ0) is 12.4. The maximum absolute atomic E-state index is 10.4. The molecule has 1 unspecified atom stereocenters. The van der Waals surface area contributed by atoms with Crippen LogP contribution in [-0.2, 0) is 4.74 Å². The maximum Gasteiger partial charge on any atom is 0.171 e. The molecular formula is C11H20N2O2S. The molecule has 1 heterocycles. The van der Waals surface area contributed by atoms with Crippen molar-refractivity contribution in [3.8, 4) is 0 Å². The van der Waals surface area contributed by atoms with Gasteiger partial charge in [-0.15, -0.1) is 0 Å². The van der Waals surface area contributed by atoms with Crippen LogP contribution in [0, 0.1) is 0 Å². The Labute approximate surface area is 102 Å². The molecule has 0 amide bonds. The number of hydrogen-bond donors (Lipinski definition) is 2. The fourth-order valence-electron chi connectivity index (χ4n) is 2.12. The first-order valence-corrected chi connectivity index (χ1v) is 5.74. The second kappa shape index (κ2) is 4.59. The lowest BCUT2D eigenvalue weighted by Crippen LogP contribution is -2.66. The Balaban J connectivity index is 2.69. The van der Waals surface area contributed by atoms with Crippen molar-refractivity contribution in [3.63, 3.8) is 0 Å². The van der Waals surface area contributed by atoms with Crippen molar-refractivity contribution in [2.45, 2.75) is 38.5 Å².